The molecule has 0 radical (unpaired) electrons. The second-order valence-electron chi connectivity index (χ2n) is 8.19. The molecular formula is C25H25N7O. The van der Waals surface area contributed by atoms with E-state index in [0.29, 0.717) is 11.5 Å². The smallest absolute Gasteiger partial charge is 0.154 e. The molecule has 8 nitrogen and oxygen atoms in total. The molecule has 5 aromatic rings. The molecule has 33 heavy (non-hydrogen) atoms. The molecule has 4 heterocycles. The third kappa shape index (κ3) is 3.79. The van der Waals surface area contributed by atoms with Crippen molar-refractivity contribution in [3.05, 3.63) is 77.9 Å². The molecule has 0 saturated heterocycles. The van der Waals surface area contributed by atoms with E-state index in [-0.39, 0.29) is 12.6 Å². The fraction of sp³-hybridized carbons (Fsp3) is 0.200. The lowest BCUT2D eigenvalue weighted by atomic mass is 10.0. The Balaban J connectivity index is 1.78. The molecule has 8 heteroatoms. The highest BCUT2D eigenvalue weighted by Crippen LogP contribution is 2.34. The van der Waals surface area contributed by atoms with E-state index >= 15 is 0 Å². The van der Waals surface area contributed by atoms with Gasteiger partial charge in [0.1, 0.15) is 0 Å². The van der Waals surface area contributed by atoms with Crippen LogP contribution in [0.15, 0.2) is 60.8 Å². The number of aliphatic hydroxyl groups is 1. The molecule has 0 aliphatic carbocycles. The van der Waals surface area contributed by atoms with Crippen LogP contribution in [0, 0.1) is 6.92 Å². The minimum absolute atomic E-state index is 0.134. The van der Waals surface area contributed by atoms with Crippen LogP contribution in [0.25, 0.3) is 39.2 Å². The van der Waals surface area contributed by atoms with Crippen molar-refractivity contribution in [3.63, 3.8) is 0 Å². The molecule has 3 N–H and O–H groups in total. The van der Waals surface area contributed by atoms with Gasteiger partial charge < -0.3 is 10.8 Å². The first-order valence-electron chi connectivity index (χ1n) is 10.8. The number of fused-ring (bicyclic) bond motifs is 1. The fourth-order valence-electron chi connectivity index (χ4n) is 3.90. The number of aliphatic hydroxyl groups excluding tert-OH is 1. The predicted octanol–water partition coefficient (Wildman–Crippen LogP) is 3.70. The van der Waals surface area contributed by atoms with Crippen molar-refractivity contribution < 1.29 is 5.11 Å². The van der Waals surface area contributed by atoms with Gasteiger partial charge in [0.2, 0.25) is 0 Å². The third-order valence-electron chi connectivity index (χ3n) is 5.78. The Labute approximate surface area is 191 Å². The van der Waals surface area contributed by atoms with Gasteiger partial charge in [0.15, 0.2) is 5.82 Å². The highest BCUT2D eigenvalue weighted by molar-refractivity contribution is 5.97. The number of nitrogens with two attached hydrogens (primary N) is 1. The highest BCUT2D eigenvalue weighted by atomic mass is 16.3. The number of aryl methyl sites for hydroxylation is 2. The van der Waals surface area contributed by atoms with Crippen LogP contribution in [-0.2, 0) is 13.7 Å². The number of aromatic nitrogens is 6. The molecule has 0 bridgehead atoms. The summed E-state index contributed by atoms with van der Waals surface area (Å²) in [7, 11) is 1.93. The topological polar surface area (TPSA) is 108 Å². The van der Waals surface area contributed by atoms with E-state index < -0.39 is 0 Å². The Morgan fingerprint density at radius 3 is 2.58 bits per heavy atom. The summed E-state index contributed by atoms with van der Waals surface area (Å²) in [5, 5.41) is 19.8. The van der Waals surface area contributed by atoms with E-state index in [0.717, 1.165) is 44.8 Å². The Bertz CT molecular complexity index is 1450. The summed E-state index contributed by atoms with van der Waals surface area (Å²) in [6, 6.07) is 17.5. The van der Waals surface area contributed by atoms with Crippen LogP contribution in [0.4, 0.5) is 0 Å². The Hall–Kier alpha value is -3.88. The van der Waals surface area contributed by atoms with E-state index in [1.54, 1.807) is 10.7 Å². The number of nitrogens with zero attached hydrogens (tertiary/aromatic N) is 6. The summed E-state index contributed by atoms with van der Waals surface area (Å²) in [5.74, 6) is 0.633. The summed E-state index contributed by atoms with van der Waals surface area (Å²) in [5.41, 5.74) is 13.0. The molecule has 0 aliphatic heterocycles. The molecular weight excluding hydrogens is 414 g/mol. The predicted molar refractivity (Wildman–Crippen MR) is 128 cm³/mol. The molecule has 0 saturated carbocycles. The van der Waals surface area contributed by atoms with Gasteiger partial charge in [-0.3, -0.25) is 9.67 Å². The maximum absolute atomic E-state index is 9.54. The molecule has 1 atom stereocenters. The monoisotopic (exact) mass is 439 g/mol. The zero-order valence-corrected chi connectivity index (χ0v) is 18.8. The van der Waals surface area contributed by atoms with Gasteiger partial charge in [-0.05, 0) is 56.3 Å². The molecule has 1 unspecified atom stereocenters. The summed E-state index contributed by atoms with van der Waals surface area (Å²) in [4.78, 5) is 9.33. The van der Waals surface area contributed by atoms with Crippen molar-refractivity contribution >= 4 is 10.9 Å². The lowest BCUT2D eigenvalue weighted by Gasteiger charge is -2.11. The van der Waals surface area contributed by atoms with Crippen molar-refractivity contribution in [1.29, 1.82) is 0 Å². The van der Waals surface area contributed by atoms with Crippen LogP contribution in [-0.4, -0.2) is 34.6 Å². The summed E-state index contributed by atoms with van der Waals surface area (Å²) in [6.07, 6.45) is 1.83. The first-order valence-corrected chi connectivity index (χ1v) is 10.8. The standard InChI is InChI=1S/C25H25N7O/c1-15-10-23(30-31(15)3)19-11-17(22-8-5-7-21(29-22)16(2)26)12-24-20(19)13-27-32(24)25-9-4-6-18(14-33)28-25/h4-13,16,33H,14,26H2,1-3H3. The van der Waals surface area contributed by atoms with Gasteiger partial charge in [0.05, 0.1) is 41.1 Å². The minimum atomic E-state index is -0.164. The van der Waals surface area contributed by atoms with Gasteiger partial charge in [-0.15, -0.1) is 0 Å². The van der Waals surface area contributed by atoms with Gasteiger partial charge in [0.25, 0.3) is 0 Å². The van der Waals surface area contributed by atoms with Crippen molar-refractivity contribution in [2.45, 2.75) is 26.5 Å². The second kappa shape index (κ2) is 8.23. The lowest BCUT2D eigenvalue weighted by Crippen LogP contribution is -2.07. The van der Waals surface area contributed by atoms with Gasteiger partial charge >= 0.3 is 0 Å². The average molecular weight is 440 g/mol. The van der Waals surface area contributed by atoms with E-state index in [4.69, 9.17) is 15.8 Å². The SMILES string of the molecule is Cc1cc(-c2cc(-c3cccc(C(C)N)n3)cc3c2cnn3-c2cccc(CO)n2)nn1C. The first kappa shape index (κ1) is 21.0. The van der Waals surface area contributed by atoms with Crippen LogP contribution in [0.3, 0.4) is 0 Å². The summed E-state index contributed by atoms with van der Waals surface area (Å²) in [6.45, 7) is 3.82. The van der Waals surface area contributed by atoms with Gasteiger partial charge in [0, 0.05) is 35.3 Å². The molecule has 4 aromatic heterocycles. The first-order chi connectivity index (χ1) is 15.9. The summed E-state index contributed by atoms with van der Waals surface area (Å²) < 4.78 is 3.65. The molecule has 5 rings (SSSR count). The van der Waals surface area contributed by atoms with E-state index in [1.807, 2.05) is 62.1 Å². The Morgan fingerprint density at radius 2 is 1.85 bits per heavy atom. The van der Waals surface area contributed by atoms with Crippen molar-refractivity contribution in [2.75, 3.05) is 0 Å². The number of pyridine rings is 2. The van der Waals surface area contributed by atoms with Crippen molar-refractivity contribution in [1.82, 2.24) is 29.5 Å². The number of rotatable bonds is 5. The highest BCUT2D eigenvalue weighted by Gasteiger charge is 2.17. The van der Waals surface area contributed by atoms with Gasteiger partial charge in [-0.2, -0.15) is 10.2 Å². The van der Waals surface area contributed by atoms with E-state index in [2.05, 4.69) is 28.3 Å². The number of hydrogen-bond donors (Lipinski definition) is 2. The molecule has 0 fully saturated rings. The maximum atomic E-state index is 9.54. The second-order valence-corrected chi connectivity index (χ2v) is 8.19. The third-order valence-corrected chi connectivity index (χ3v) is 5.78. The molecule has 1 aromatic carbocycles. The van der Waals surface area contributed by atoms with Crippen LogP contribution >= 0.6 is 0 Å². The van der Waals surface area contributed by atoms with Gasteiger partial charge in [-0.1, -0.05) is 12.1 Å². The van der Waals surface area contributed by atoms with Crippen LogP contribution < -0.4 is 5.73 Å². The minimum Gasteiger partial charge on any atom is -0.390 e. The fourth-order valence-corrected chi connectivity index (χ4v) is 3.90. The quantitative estimate of drug-likeness (QED) is 0.432. The normalized spacial score (nSPS) is 12.4. The molecule has 0 amide bonds. The number of hydrogen-bond acceptors (Lipinski definition) is 6. The molecule has 166 valence electrons. The average Bonchev–Trinajstić information content (AvgIpc) is 3.41. The number of benzene rings is 1. The Kier molecular flexibility index (Phi) is 5.24. The van der Waals surface area contributed by atoms with E-state index in [1.165, 1.54) is 0 Å². The van der Waals surface area contributed by atoms with Crippen LogP contribution in [0.2, 0.25) is 0 Å². The maximum Gasteiger partial charge on any atom is 0.154 e. The van der Waals surface area contributed by atoms with Crippen LogP contribution in [0.1, 0.15) is 30.0 Å². The van der Waals surface area contributed by atoms with E-state index in [9.17, 15) is 5.11 Å². The van der Waals surface area contributed by atoms with Gasteiger partial charge in [-0.25, -0.2) is 9.67 Å². The molecule has 0 aliphatic rings. The van der Waals surface area contributed by atoms with Crippen LogP contribution in [0.5, 0.6) is 0 Å². The molecule has 0 spiro atoms. The Morgan fingerprint density at radius 1 is 1.03 bits per heavy atom. The zero-order valence-electron chi connectivity index (χ0n) is 18.8. The van der Waals surface area contributed by atoms with Crippen molar-refractivity contribution in [2.24, 2.45) is 12.8 Å². The van der Waals surface area contributed by atoms with Crippen molar-refractivity contribution in [3.8, 4) is 28.3 Å². The largest absolute Gasteiger partial charge is 0.390 e. The zero-order chi connectivity index (χ0) is 23.1. The summed E-state index contributed by atoms with van der Waals surface area (Å²) >= 11 is 0. The lowest BCUT2D eigenvalue weighted by molar-refractivity contribution is 0.276.